The van der Waals surface area contributed by atoms with Crippen LogP contribution in [0.2, 0.25) is 0 Å². The van der Waals surface area contributed by atoms with Gasteiger partial charge in [0.2, 0.25) is 0 Å². The van der Waals surface area contributed by atoms with Gasteiger partial charge in [-0.1, -0.05) is 117 Å². The van der Waals surface area contributed by atoms with Crippen molar-refractivity contribution in [1.82, 2.24) is 0 Å². The molecule has 0 fully saturated rings. The molecule has 1 nitrogen and oxygen atoms in total. The van der Waals surface area contributed by atoms with Crippen molar-refractivity contribution in [2.24, 2.45) is 0 Å². The Morgan fingerprint density at radius 3 is 0.958 bits per heavy atom. The van der Waals surface area contributed by atoms with Crippen molar-refractivity contribution in [3.05, 3.63) is 5.32 Å². The number of nitrogens with zero attached hydrogens (tertiary/aromatic N) is 1. The van der Waals surface area contributed by atoms with Crippen LogP contribution in [0.3, 0.4) is 0 Å². The minimum absolute atomic E-state index is 0. The van der Waals surface area contributed by atoms with Gasteiger partial charge in [-0.25, -0.2) is 0 Å². The fourth-order valence-electron chi connectivity index (χ4n) is 2.83. The van der Waals surface area contributed by atoms with E-state index in [0.717, 1.165) is 13.1 Å². The molecule has 0 bridgehead atoms. The summed E-state index contributed by atoms with van der Waals surface area (Å²) < 4.78 is 0. The molecular weight excluding hydrogens is 373 g/mol. The summed E-state index contributed by atoms with van der Waals surface area (Å²) in [5, 5.41) is 4.67. The van der Waals surface area contributed by atoms with Crippen LogP contribution >= 0.6 is 24.8 Å². The molecule has 0 radical (unpaired) electrons. The van der Waals surface area contributed by atoms with Crippen LogP contribution in [0.4, 0.5) is 0 Å². The van der Waals surface area contributed by atoms with Crippen molar-refractivity contribution in [3.8, 4) is 0 Å². The Kier molecular flexibility index (Phi) is 43.8. The van der Waals surface area contributed by atoms with Crippen molar-refractivity contribution in [2.45, 2.75) is 117 Å². The van der Waals surface area contributed by atoms with Gasteiger partial charge in [-0.15, -0.1) is 37.9 Å². The third-order valence-electron chi connectivity index (χ3n) is 4.34. The molecule has 0 aliphatic rings. The first-order valence-electron chi connectivity index (χ1n) is 10.0. The van der Waals surface area contributed by atoms with E-state index in [0.29, 0.717) is 0 Å². The molecule has 0 spiro atoms. The molecule has 0 aromatic heterocycles. The first-order valence-corrected chi connectivity index (χ1v) is 10.0. The van der Waals surface area contributed by atoms with Crippen LogP contribution in [0.25, 0.3) is 5.32 Å². The summed E-state index contributed by atoms with van der Waals surface area (Å²) in [6, 6.07) is 0. The fraction of sp³-hybridized carbons (Fsp3) is 1.00. The van der Waals surface area contributed by atoms with E-state index in [1.54, 1.807) is 0 Å². The molecule has 0 amide bonds. The van der Waals surface area contributed by atoms with Crippen LogP contribution in [-0.2, 0) is 21.7 Å². The smallest absolute Gasteiger partial charge is 0 e. The second-order valence-electron chi connectivity index (χ2n) is 6.62. The molecule has 148 valence electrons. The fourth-order valence-corrected chi connectivity index (χ4v) is 2.83. The number of rotatable bonds is 18. The molecule has 4 heteroatoms. The van der Waals surface area contributed by atoms with E-state index in [1.165, 1.54) is 103 Å². The monoisotopic (exact) mass is 416 g/mol. The van der Waals surface area contributed by atoms with Crippen LogP contribution in [0.15, 0.2) is 0 Å². The van der Waals surface area contributed by atoms with Gasteiger partial charge in [0.25, 0.3) is 0 Å². The zero-order valence-corrected chi connectivity index (χ0v) is 19.7. The van der Waals surface area contributed by atoms with Crippen LogP contribution in [0, 0.1) is 0 Å². The second kappa shape index (κ2) is 32.0. The van der Waals surface area contributed by atoms with Gasteiger partial charge in [-0.05, 0) is 0 Å². The maximum absolute atomic E-state index is 4.67. The van der Waals surface area contributed by atoms with Crippen molar-refractivity contribution < 1.29 is 21.7 Å². The standard InChI is InChI=1S/C20H42N.2ClH.Ti/c1-3-5-7-9-11-13-15-17-19-21-20-18-16-14-12-10-8-6-4-2;;;/h3-20H2,1-2H3;2*1H;/q-1;;;. The first kappa shape index (κ1) is 32.9. The van der Waals surface area contributed by atoms with Gasteiger partial charge in [-0.2, -0.15) is 0 Å². The van der Waals surface area contributed by atoms with Crippen LogP contribution in [-0.4, -0.2) is 13.1 Å². The molecule has 0 saturated heterocycles. The summed E-state index contributed by atoms with van der Waals surface area (Å²) in [5.74, 6) is 0. The average molecular weight is 417 g/mol. The predicted molar refractivity (Wildman–Crippen MR) is 113 cm³/mol. The molecule has 0 aliphatic heterocycles. The summed E-state index contributed by atoms with van der Waals surface area (Å²) in [4.78, 5) is 0. The summed E-state index contributed by atoms with van der Waals surface area (Å²) in [6.07, 6.45) is 22.5. The molecule has 0 unspecified atom stereocenters. The Morgan fingerprint density at radius 1 is 0.417 bits per heavy atom. The molecule has 0 atom stereocenters. The quantitative estimate of drug-likeness (QED) is 0.157. The summed E-state index contributed by atoms with van der Waals surface area (Å²) in [5.41, 5.74) is 0. The molecule has 0 aliphatic carbocycles. The van der Waals surface area contributed by atoms with E-state index in [-0.39, 0.29) is 46.5 Å². The van der Waals surface area contributed by atoms with Gasteiger partial charge < -0.3 is 5.32 Å². The Morgan fingerprint density at radius 2 is 0.667 bits per heavy atom. The first-order chi connectivity index (χ1) is 10.4. The minimum atomic E-state index is 0. The molecule has 0 heterocycles. The number of hydrogen-bond acceptors (Lipinski definition) is 0. The SMILES string of the molecule is CCCCCCCCCC[N-]CCCCCCCCCC.Cl.Cl.[Ti]. The summed E-state index contributed by atoms with van der Waals surface area (Å²) >= 11 is 0. The van der Waals surface area contributed by atoms with E-state index < -0.39 is 0 Å². The predicted octanol–water partition coefficient (Wildman–Crippen LogP) is 8.48. The van der Waals surface area contributed by atoms with E-state index in [2.05, 4.69) is 19.2 Å². The van der Waals surface area contributed by atoms with Gasteiger partial charge in [0.15, 0.2) is 0 Å². The van der Waals surface area contributed by atoms with Crippen LogP contribution < -0.4 is 0 Å². The van der Waals surface area contributed by atoms with Gasteiger partial charge in [0, 0.05) is 21.7 Å². The molecular formula is C20H44Cl2NTi-. The summed E-state index contributed by atoms with van der Waals surface area (Å²) in [6.45, 7) is 6.80. The van der Waals surface area contributed by atoms with E-state index in [4.69, 9.17) is 0 Å². The molecule has 0 rings (SSSR count). The maximum Gasteiger partial charge on any atom is 0 e. The molecule has 24 heavy (non-hydrogen) atoms. The van der Waals surface area contributed by atoms with E-state index in [1.807, 2.05) is 0 Å². The second-order valence-corrected chi connectivity index (χ2v) is 6.62. The van der Waals surface area contributed by atoms with Crippen LogP contribution in [0.1, 0.15) is 117 Å². The van der Waals surface area contributed by atoms with Gasteiger partial charge in [0.05, 0.1) is 0 Å². The zero-order valence-electron chi connectivity index (χ0n) is 16.5. The largest absolute Gasteiger partial charge is 0.662 e. The molecule has 0 N–H and O–H groups in total. The minimum Gasteiger partial charge on any atom is -0.662 e. The van der Waals surface area contributed by atoms with Crippen molar-refractivity contribution in [3.63, 3.8) is 0 Å². The molecule has 0 aromatic rings. The average Bonchev–Trinajstić information content (AvgIpc) is 2.50. The Hall–Kier alpha value is 1.25. The van der Waals surface area contributed by atoms with Crippen molar-refractivity contribution in [1.29, 1.82) is 0 Å². The van der Waals surface area contributed by atoms with Crippen molar-refractivity contribution in [2.75, 3.05) is 13.1 Å². The Balaban J connectivity index is -0.000000667. The maximum atomic E-state index is 4.67. The molecule has 0 saturated carbocycles. The topological polar surface area (TPSA) is 14.1 Å². The third kappa shape index (κ3) is 31.1. The van der Waals surface area contributed by atoms with Crippen LogP contribution in [0.5, 0.6) is 0 Å². The number of unbranched alkanes of at least 4 members (excludes halogenated alkanes) is 14. The van der Waals surface area contributed by atoms with Crippen molar-refractivity contribution >= 4 is 24.8 Å². The normalized spacial score (nSPS) is 9.75. The number of halogens is 2. The third-order valence-corrected chi connectivity index (χ3v) is 4.34. The Bertz CT molecular complexity index is 165. The van der Waals surface area contributed by atoms with Gasteiger partial charge >= 0.3 is 0 Å². The van der Waals surface area contributed by atoms with Gasteiger partial charge in [-0.3, -0.25) is 0 Å². The van der Waals surface area contributed by atoms with Gasteiger partial charge in [0.1, 0.15) is 0 Å². The zero-order chi connectivity index (χ0) is 15.4. The van der Waals surface area contributed by atoms with E-state index >= 15 is 0 Å². The number of hydrogen-bond donors (Lipinski definition) is 0. The van der Waals surface area contributed by atoms with E-state index in [9.17, 15) is 0 Å². The Labute approximate surface area is 181 Å². The summed E-state index contributed by atoms with van der Waals surface area (Å²) in [7, 11) is 0. The molecule has 0 aromatic carbocycles.